The highest BCUT2D eigenvalue weighted by Crippen LogP contribution is 2.62. The molecular formula is C64H38N6S. The zero-order valence-corrected chi connectivity index (χ0v) is 38.8. The number of para-hydroxylation sites is 5. The maximum absolute atomic E-state index is 5.35. The fourth-order valence-corrected chi connectivity index (χ4v) is 13.6. The third kappa shape index (κ3) is 5.25. The lowest BCUT2D eigenvalue weighted by atomic mass is 9.67. The van der Waals surface area contributed by atoms with Crippen molar-refractivity contribution in [1.82, 2.24) is 28.7 Å². The third-order valence-electron chi connectivity index (χ3n) is 15.3. The molecule has 2 aliphatic rings. The van der Waals surface area contributed by atoms with E-state index in [2.05, 4.69) is 220 Å². The van der Waals surface area contributed by atoms with E-state index >= 15 is 0 Å². The van der Waals surface area contributed by atoms with Gasteiger partial charge in [0.25, 0.3) is 0 Å². The first-order chi connectivity index (χ1) is 35.2. The molecule has 14 aromatic rings. The van der Waals surface area contributed by atoms with Crippen molar-refractivity contribution in [2.75, 3.05) is 0 Å². The molecule has 0 amide bonds. The largest absolute Gasteiger partial charge is 0.308 e. The average Bonchev–Trinajstić information content (AvgIpc) is 4.15. The molecule has 7 heterocycles. The molecule has 1 aliphatic carbocycles. The number of fused-ring (bicyclic) bond motifs is 18. The van der Waals surface area contributed by atoms with Crippen LogP contribution in [0.5, 0.6) is 0 Å². The lowest BCUT2D eigenvalue weighted by molar-refractivity contribution is 0.719. The number of rotatable bonds is 4. The molecule has 8 aromatic carbocycles. The number of hydrogen-bond acceptors (Lipinski definition) is 4. The Morgan fingerprint density at radius 3 is 1.41 bits per heavy atom. The van der Waals surface area contributed by atoms with Gasteiger partial charge in [-0.05, 0) is 101 Å². The second-order valence-electron chi connectivity index (χ2n) is 18.8. The summed E-state index contributed by atoms with van der Waals surface area (Å²) in [5, 5.41) is 7.31. The minimum atomic E-state index is -0.643. The van der Waals surface area contributed by atoms with Crippen molar-refractivity contribution < 1.29 is 0 Å². The molecule has 7 heteroatoms. The predicted molar refractivity (Wildman–Crippen MR) is 290 cm³/mol. The van der Waals surface area contributed by atoms with Crippen LogP contribution in [0.1, 0.15) is 22.3 Å². The number of benzene rings is 8. The molecule has 6 aromatic heterocycles. The maximum atomic E-state index is 5.35. The van der Waals surface area contributed by atoms with Gasteiger partial charge in [-0.25, -0.2) is 0 Å². The van der Waals surface area contributed by atoms with E-state index < -0.39 is 5.41 Å². The molecule has 1 spiro atoms. The van der Waals surface area contributed by atoms with Crippen LogP contribution in [0.2, 0.25) is 0 Å². The van der Waals surface area contributed by atoms with Gasteiger partial charge in [0.05, 0.1) is 85.6 Å². The minimum Gasteiger partial charge on any atom is -0.308 e. The fourth-order valence-electron chi connectivity index (χ4n) is 12.4. The van der Waals surface area contributed by atoms with Crippen LogP contribution in [0.25, 0.3) is 105 Å². The Labute approximate surface area is 411 Å². The summed E-state index contributed by atoms with van der Waals surface area (Å²) in [6.07, 6.45) is 7.91. The lowest BCUT2D eigenvalue weighted by Gasteiger charge is -2.39. The van der Waals surface area contributed by atoms with Crippen LogP contribution in [0.3, 0.4) is 0 Å². The van der Waals surface area contributed by atoms with Crippen molar-refractivity contribution in [3.63, 3.8) is 0 Å². The molecule has 71 heavy (non-hydrogen) atoms. The minimum absolute atomic E-state index is 0.643. The first-order valence-corrected chi connectivity index (χ1v) is 24.9. The molecule has 0 saturated heterocycles. The monoisotopic (exact) mass is 922 g/mol. The molecule has 1 unspecified atom stereocenters. The molecule has 6 nitrogen and oxygen atoms in total. The highest BCUT2D eigenvalue weighted by Gasteiger charge is 2.52. The predicted octanol–water partition coefficient (Wildman–Crippen LogP) is 15.7. The zero-order chi connectivity index (χ0) is 46.4. The zero-order valence-electron chi connectivity index (χ0n) is 38.0. The Hall–Kier alpha value is -9.04. The van der Waals surface area contributed by atoms with Gasteiger partial charge < -0.3 is 13.7 Å². The van der Waals surface area contributed by atoms with E-state index in [0.29, 0.717) is 0 Å². The molecule has 1 atom stereocenters. The van der Waals surface area contributed by atoms with Crippen molar-refractivity contribution >= 4 is 77.2 Å². The molecule has 16 rings (SSSR count). The van der Waals surface area contributed by atoms with Gasteiger partial charge >= 0.3 is 0 Å². The van der Waals surface area contributed by atoms with E-state index in [4.69, 9.17) is 15.0 Å². The van der Waals surface area contributed by atoms with Crippen molar-refractivity contribution in [3.8, 4) is 39.6 Å². The number of nitrogens with zero attached hydrogens (tertiary/aromatic N) is 6. The Morgan fingerprint density at radius 1 is 0.324 bits per heavy atom. The summed E-state index contributed by atoms with van der Waals surface area (Å²) in [4.78, 5) is 17.8. The van der Waals surface area contributed by atoms with Crippen LogP contribution >= 0.6 is 11.8 Å². The number of hydrogen-bond donors (Lipinski definition) is 0. The van der Waals surface area contributed by atoms with Gasteiger partial charge in [-0.1, -0.05) is 145 Å². The van der Waals surface area contributed by atoms with Crippen molar-refractivity contribution in [2.45, 2.75) is 15.2 Å². The molecular weight excluding hydrogens is 885 g/mol. The van der Waals surface area contributed by atoms with Gasteiger partial charge in [-0.2, -0.15) is 0 Å². The second kappa shape index (κ2) is 14.5. The smallest absolute Gasteiger partial charge is 0.0939 e. The van der Waals surface area contributed by atoms with Crippen LogP contribution in [0, 0.1) is 0 Å². The Balaban J connectivity index is 0.866. The number of pyridine rings is 3. The van der Waals surface area contributed by atoms with Crippen LogP contribution in [-0.4, -0.2) is 28.7 Å². The second-order valence-corrected chi connectivity index (χ2v) is 19.9. The molecule has 0 radical (unpaired) electrons. The molecule has 0 bridgehead atoms. The molecule has 0 fully saturated rings. The van der Waals surface area contributed by atoms with Crippen LogP contribution in [-0.2, 0) is 5.41 Å². The Bertz CT molecular complexity index is 4490. The van der Waals surface area contributed by atoms with Gasteiger partial charge in [-0.15, -0.1) is 0 Å². The highest BCUT2D eigenvalue weighted by atomic mass is 32.2. The number of aromatic nitrogens is 6. The van der Waals surface area contributed by atoms with Crippen LogP contribution < -0.4 is 0 Å². The summed E-state index contributed by atoms with van der Waals surface area (Å²) in [7, 11) is 0. The van der Waals surface area contributed by atoms with Gasteiger partial charge in [0.15, 0.2) is 0 Å². The van der Waals surface area contributed by atoms with E-state index in [-0.39, 0.29) is 0 Å². The summed E-state index contributed by atoms with van der Waals surface area (Å²) in [5.74, 6) is 0. The van der Waals surface area contributed by atoms with E-state index in [1.54, 1.807) is 0 Å². The topological polar surface area (TPSA) is 53.5 Å². The van der Waals surface area contributed by atoms with Crippen LogP contribution in [0.15, 0.2) is 241 Å². The molecule has 1 aliphatic heterocycles. The van der Waals surface area contributed by atoms with Gasteiger partial charge in [0, 0.05) is 53.9 Å². The molecule has 0 N–H and O–H groups in total. The van der Waals surface area contributed by atoms with Crippen molar-refractivity contribution in [2.24, 2.45) is 0 Å². The van der Waals surface area contributed by atoms with Gasteiger partial charge in [0.2, 0.25) is 0 Å². The van der Waals surface area contributed by atoms with Crippen molar-refractivity contribution in [3.05, 3.63) is 253 Å². The van der Waals surface area contributed by atoms with Gasteiger partial charge in [0.1, 0.15) is 0 Å². The standard InChI is InChI=1S/C64H38N6S/c1-7-21-54-44(14-1)45-15-2-8-22-55(45)68(54)41-34-42(37-65-36-41)69-58-25-11-5-18-48(58)49-32-39(28-30-59(49)69)40-27-29-51-61(33-40)71-60-26-12-6-19-50(60)64(51)52-20-13-31-66-62(52)63-53(64)35-43(38-67-63)70-56-23-9-3-16-46(56)47-17-4-10-24-57(47)70/h1-38H. The quantitative estimate of drug-likeness (QED) is 0.176. The summed E-state index contributed by atoms with van der Waals surface area (Å²) in [6.45, 7) is 0. The fraction of sp³-hybridized carbons (Fsp3) is 0.0156. The molecule has 330 valence electrons. The summed E-state index contributed by atoms with van der Waals surface area (Å²) in [6, 6.07) is 75.4. The SMILES string of the molecule is c1ccc2c(c1)Sc1cc(-c3ccc4c(c3)c3ccccc3n4-c3cncc(-n4c5ccccc5c5ccccc54)c3)ccc1C21c2cccnc2-c2ncc(-n3c4ccccc4c4ccccc43)cc21. The van der Waals surface area contributed by atoms with Gasteiger partial charge in [-0.3, -0.25) is 15.0 Å². The summed E-state index contributed by atoms with van der Waals surface area (Å²) in [5.41, 5.74) is 18.4. The lowest BCUT2D eigenvalue weighted by Crippen LogP contribution is -2.32. The van der Waals surface area contributed by atoms with Crippen molar-refractivity contribution in [1.29, 1.82) is 0 Å². The van der Waals surface area contributed by atoms with E-state index in [9.17, 15) is 0 Å². The first kappa shape index (κ1) is 38.9. The van der Waals surface area contributed by atoms with Crippen LogP contribution in [0.4, 0.5) is 0 Å². The summed E-state index contributed by atoms with van der Waals surface area (Å²) >= 11 is 1.86. The third-order valence-corrected chi connectivity index (χ3v) is 16.4. The van der Waals surface area contributed by atoms with E-state index in [1.807, 2.05) is 36.5 Å². The summed E-state index contributed by atoms with van der Waals surface area (Å²) < 4.78 is 7.08. The maximum Gasteiger partial charge on any atom is 0.0939 e. The Kier molecular flexibility index (Phi) is 7.94. The Morgan fingerprint density at radius 2 is 0.789 bits per heavy atom. The van der Waals surface area contributed by atoms with E-state index in [0.717, 1.165) is 78.2 Å². The highest BCUT2D eigenvalue weighted by molar-refractivity contribution is 7.99. The van der Waals surface area contributed by atoms with E-state index in [1.165, 1.54) is 58.8 Å². The normalized spacial score (nSPS) is 14.8. The first-order valence-electron chi connectivity index (χ1n) is 24.1. The molecule has 0 saturated carbocycles. The average molecular weight is 923 g/mol.